The Morgan fingerprint density at radius 2 is 1.15 bits per heavy atom. The molecule has 0 spiro atoms. The zero-order valence-electron chi connectivity index (χ0n) is 20.7. The van der Waals surface area contributed by atoms with Gasteiger partial charge in [0.25, 0.3) is 0 Å². The monoisotopic (exact) mass is 565 g/mol. The van der Waals surface area contributed by atoms with Crippen molar-refractivity contribution in [3.63, 3.8) is 0 Å². The summed E-state index contributed by atoms with van der Waals surface area (Å²) in [4.78, 5) is 18.3. The normalized spacial score (nSPS) is 10.7. The lowest BCUT2D eigenvalue weighted by molar-refractivity contribution is 1.17. The first-order chi connectivity index (χ1) is 19.2. The summed E-state index contributed by atoms with van der Waals surface area (Å²) in [5.41, 5.74) is 9.33. The van der Waals surface area contributed by atoms with E-state index in [0.29, 0.717) is 11.4 Å². The van der Waals surface area contributed by atoms with E-state index in [9.17, 15) is 0 Å². The van der Waals surface area contributed by atoms with Crippen LogP contribution in [0.3, 0.4) is 0 Å². The summed E-state index contributed by atoms with van der Waals surface area (Å²) in [6.07, 6.45) is 7.10. The molecule has 0 aliphatic rings. The molecule has 6 heteroatoms. The summed E-state index contributed by atoms with van der Waals surface area (Å²) in [6, 6.07) is 34.2. The molecule has 0 aliphatic carbocycles. The maximum atomic E-state index is 9.09. The van der Waals surface area contributed by atoms with Gasteiger partial charge in [-0.15, -0.1) is 0 Å². The first-order valence-corrected chi connectivity index (χ1v) is 13.1. The van der Waals surface area contributed by atoms with Crippen LogP contribution in [0.15, 0.2) is 126 Å². The van der Waals surface area contributed by atoms with Crippen molar-refractivity contribution in [2.75, 3.05) is 0 Å². The van der Waals surface area contributed by atoms with Gasteiger partial charge in [0.2, 0.25) is 0 Å². The zero-order chi connectivity index (χ0) is 26.6. The Morgan fingerprint density at radius 3 is 1.82 bits per heavy atom. The lowest BCUT2D eigenvalue weighted by atomic mass is 10.00. The number of hydrogen-bond acceptors (Lipinski definition) is 5. The molecule has 0 saturated heterocycles. The van der Waals surface area contributed by atoms with Crippen LogP contribution in [-0.4, -0.2) is 19.9 Å². The number of hydrogen-bond donors (Lipinski definition) is 0. The first-order valence-electron chi connectivity index (χ1n) is 12.3. The van der Waals surface area contributed by atoms with Gasteiger partial charge in [-0.05, 0) is 82.9 Å². The van der Waals surface area contributed by atoms with Crippen LogP contribution in [0.25, 0.3) is 56.2 Å². The molecule has 184 valence electrons. The summed E-state index contributed by atoms with van der Waals surface area (Å²) < 4.78 is 0.960. The van der Waals surface area contributed by atoms with Crippen molar-refractivity contribution in [1.29, 1.82) is 5.26 Å². The van der Waals surface area contributed by atoms with Gasteiger partial charge < -0.3 is 0 Å². The molecule has 3 aromatic heterocycles. The van der Waals surface area contributed by atoms with Crippen molar-refractivity contribution >= 4 is 15.9 Å². The van der Waals surface area contributed by atoms with Crippen molar-refractivity contribution < 1.29 is 0 Å². The molecule has 3 aromatic carbocycles. The van der Waals surface area contributed by atoms with Crippen molar-refractivity contribution in [3.8, 4) is 62.2 Å². The third-order valence-electron chi connectivity index (χ3n) is 6.38. The van der Waals surface area contributed by atoms with Gasteiger partial charge in [-0.25, -0.2) is 9.97 Å². The Morgan fingerprint density at radius 1 is 0.538 bits per heavy atom. The van der Waals surface area contributed by atoms with E-state index >= 15 is 0 Å². The molecule has 0 N–H and O–H groups in total. The molecule has 0 amide bonds. The lowest BCUT2D eigenvalue weighted by Crippen LogP contribution is -1.96. The van der Waals surface area contributed by atoms with Crippen molar-refractivity contribution in [1.82, 2.24) is 19.9 Å². The standard InChI is InChI=1S/C33H20BrN5/c34-30-17-28(25-11-14-36-15-12-25)16-29(18-30)32-19-31(38-33(39-32)27-2-1-13-37-21-27)26-9-7-24(8-10-26)23-5-3-22(20-35)4-6-23/h1-19,21H. The van der Waals surface area contributed by atoms with Crippen molar-refractivity contribution in [2.45, 2.75) is 0 Å². The van der Waals surface area contributed by atoms with Crippen LogP contribution in [0.1, 0.15) is 5.56 Å². The quantitative estimate of drug-likeness (QED) is 0.210. The maximum absolute atomic E-state index is 9.09. The fraction of sp³-hybridized carbons (Fsp3) is 0. The minimum Gasteiger partial charge on any atom is -0.265 e. The smallest absolute Gasteiger partial charge is 0.161 e. The molecule has 0 saturated carbocycles. The Balaban J connectivity index is 1.45. The largest absolute Gasteiger partial charge is 0.265 e. The second-order valence-electron chi connectivity index (χ2n) is 8.93. The van der Waals surface area contributed by atoms with Gasteiger partial charge in [0, 0.05) is 46.0 Å². The molecule has 0 fully saturated rings. The molecule has 5 nitrogen and oxygen atoms in total. The molecule has 0 unspecified atom stereocenters. The average Bonchev–Trinajstić information content (AvgIpc) is 3.01. The van der Waals surface area contributed by atoms with Crippen LogP contribution in [0.2, 0.25) is 0 Å². The number of rotatable bonds is 5. The highest BCUT2D eigenvalue weighted by atomic mass is 79.9. The Labute approximate surface area is 234 Å². The molecule has 0 bridgehead atoms. The van der Waals surface area contributed by atoms with Gasteiger partial charge in [-0.1, -0.05) is 52.3 Å². The Bertz CT molecular complexity index is 1800. The van der Waals surface area contributed by atoms with E-state index in [0.717, 1.165) is 54.8 Å². The summed E-state index contributed by atoms with van der Waals surface area (Å²) in [7, 11) is 0. The van der Waals surface area contributed by atoms with Crippen LogP contribution in [0.4, 0.5) is 0 Å². The van der Waals surface area contributed by atoms with Crippen LogP contribution >= 0.6 is 15.9 Å². The van der Waals surface area contributed by atoms with Crippen LogP contribution in [-0.2, 0) is 0 Å². The number of nitriles is 1. The summed E-state index contributed by atoms with van der Waals surface area (Å²) >= 11 is 3.69. The maximum Gasteiger partial charge on any atom is 0.161 e. The Hall–Kier alpha value is -4.99. The highest BCUT2D eigenvalue weighted by molar-refractivity contribution is 9.10. The van der Waals surface area contributed by atoms with E-state index in [4.69, 9.17) is 15.2 Å². The number of halogens is 1. The molecular weight excluding hydrogens is 546 g/mol. The second-order valence-corrected chi connectivity index (χ2v) is 9.85. The van der Waals surface area contributed by atoms with Crippen molar-refractivity contribution in [2.24, 2.45) is 0 Å². The SMILES string of the molecule is N#Cc1ccc(-c2ccc(-c3cc(-c4cc(Br)cc(-c5ccncc5)c4)nc(-c4cccnc4)n3)cc2)cc1. The molecule has 0 radical (unpaired) electrons. The summed E-state index contributed by atoms with van der Waals surface area (Å²) in [5, 5.41) is 9.09. The van der Waals surface area contributed by atoms with Crippen molar-refractivity contribution in [3.05, 3.63) is 132 Å². The van der Waals surface area contributed by atoms with E-state index in [1.807, 2.05) is 54.6 Å². The number of benzene rings is 3. The minimum atomic E-state index is 0.609. The third kappa shape index (κ3) is 5.35. The summed E-state index contributed by atoms with van der Waals surface area (Å²) in [6.45, 7) is 0. The predicted molar refractivity (Wildman–Crippen MR) is 157 cm³/mol. The molecular formula is C33H20BrN5. The second kappa shape index (κ2) is 10.8. The molecule has 0 aliphatic heterocycles. The van der Waals surface area contributed by atoms with E-state index < -0.39 is 0 Å². The zero-order valence-corrected chi connectivity index (χ0v) is 22.2. The van der Waals surface area contributed by atoms with E-state index in [1.165, 1.54) is 0 Å². The highest BCUT2D eigenvalue weighted by Crippen LogP contribution is 2.33. The van der Waals surface area contributed by atoms with E-state index in [2.05, 4.69) is 74.4 Å². The van der Waals surface area contributed by atoms with Gasteiger partial charge >= 0.3 is 0 Å². The molecule has 6 aromatic rings. The highest BCUT2D eigenvalue weighted by Gasteiger charge is 2.13. The molecule has 39 heavy (non-hydrogen) atoms. The predicted octanol–water partition coefficient (Wildman–Crippen LogP) is 8.24. The Kier molecular flexibility index (Phi) is 6.73. The topological polar surface area (TPSA) is 75.3 Å². The van der Waals surface area contributed by atoms with Gasteiger partial charge in [0.15, 0.2) is 5.82 Å². The molecule has 3 heterocycles. The molecule has 0 atom stereocenters. The number of nitrogens with zero attached hydrogens (tertiary/aromatic N) is 5. The van der Waals surface area contributed by atoms with Crippen LogP contribution < -0.4 is 0 Å². The van der Waals surface area contributed by atoms with E-state index in [-0.39, 0.29) is 0 Å². The van der Waals surface area contributed by atoms with Gasteiger partial charge in [-0.3, -0.25) is 9.97 Å². The minimum absolute atomic E-state index is 0.609. The van der Waals surface area contributed by atoms with Gasteiger partial charge in [0.05, 0.1) is 23.0 Å². The molecule has 6 rings (SSSR count). The average molecular weight is 566 g/mol. The number of aromatic nitrogens is 4. The fourth-order valence-corrected chi connectivity index (χ4v) is 4.88. The summed E-state index contributed by atoms with van der Waals surface area (Å²) in [5.74, 6) is 0.609. The van der Waals surface area contributed by atoms with Gasteiger partial charge in [0.1, 0.15) is 0 Å². The van der Waals surface area contributed by atoms with Gasteiger partial charge in [-0.2, -0.15) is 5.26 Å². The third-order valence-corrected chi connectivity index (χ3v) is 6.84. The fourth-order valence-electron chi connectivity index (χ4n) is 4.39. The first kappa shape index (κ1) is 24.4. The van der Waals surface area contributed by atoms with Crippen LogP contribution in [0, 0.1) is 11.3 Å². The van der Waals surface area contributed by atoms with Crippen LogP contribution in [0.5, 0.6) is 0 Å². The number of pyridine rings is 2. The van der Waals surface area contributed by atoms with E-state index in [1.54, 1.807) is 24.8 Å². The lowest BCUT2D eigenvalue weighted by Gasteiger charge is -2.11.